The van der Waals surface area contributed by atoms with Gasteiger partial charge in [0, 0.05) is 22.8 Å². The summed E-state index contributed by atoms with van der Waals surface area (Å²) in [5.74, 6) is 0. The minimum atomic E-state index is 1.00. The summed E-state index contributed by atoms with van der Waals surface area (Å²) in [6.45, 7) is 8.56. The standard InChI is InChI=1S/C34H28N2/c1-21-11-13-29-30-14-12-23(3)36-34(30)20-32(31(29)17-21)28-10-6-9-27(24(28)4)25-7-5-8-26(19-25)33-18-22(2)15-16-35-33/h5-20H,1-4H3. The van der Waals surface area contributed by atoms with Crippen molar-refractivity contribution < 1.29 is 0 Å². The van der Waals surface area contributed by atoms with Crippen LogP contribution in [0.25, 0.3) is 55.2 Å². The third kappa shape index (κ3) is 3.85. The Labute approximate surface area is 212 Å². The van der Waals surface area contributed by atoms with Crippen molar-refractivity contribution in [3.63, 3.8) is 0 Å². The van der Waals surface area contributed by atoms with E-state index >= 15 is 0 Å². The molecule has 0 fully saturated rings. The van der Waals surface area contributed by atoms with Crippen LogP contribution in [0.3, 0.4) is 0 Å². The number of fused-ring (bicyclic) bond motifs is 3. The number of aromatic nitrogens is 2. The van der Waals surface area contributed by atoms with E-state index in [1.807, 2.05) is 12.3 Å². The van der Waals surface area contributed by atoms with Gasteiger partial charge in [0.05, 0.1) is 11.2 Å². The highest BCUT2D eigenvalue weighted by atomic mass is 14.7. The molecular formula is C34H28N2. The first-order valence-corrected chi connectivity index (χ1v) is 12.4. The predicted molar refractivity (Wildman–Crippen MR) is 152 cm³/mol. The van der Waals surface area contributed by atoms with E-state index in [0.29, 0.717) is 0 Å². The molecule has 0 saturated carbocycles. The Hall–Kier alpha value is -4.30. The largest absolute Gasteiger partial charge is 0.256 e. The maximum atomic E-state index is 4.89. The van der Waals surface area contributed by atoms with Crippen molar-refractivity contribution in [2.24, 2.45) is 0 Å². The van der Waals surface area contributed by atoms with Crippen LogP contribution in [0, 0.1) is 27.7 Å². The highest BCUT2D eigenvalue weighted by molar-refractivity contribution is 6.13. The minimum absolute atomic E-state index is 1.00. The Kier molecular flexibility index (Phi) is 5.38. The molecule has 36 heavy (non-hydrogen) atoms. The van der Waals surface area contributed by atoms with Crippen molar-refractivity contribution in [3.05, 3.63) is 120 Å². The lowest BCUT2D eigenvalue weighted by Crippen LogP contribution is -1.93. The Bertz CT molecular complexity index is 1780. The van der Waals surface area contributed by atoms with Gasteiger partial charge in [-0.15, -0.1) is 0 Å². The van der Waals surface area contributed by atoms with Gasteiger partial charge in [-0.1, -0.05) is 66.2 Å². The van der Waals surface area contributed by atoms with E-state index in [1.165, 1.54) is 55.1 Å². The summed E-state index contributed by atoms with van der Waals surface area (Å²) < 4.78 is 0. The average molecular weight is 465 g/mol. The molecule has 0 radical (unpaired) electrons. The molecule has 2 nitrogen and oxygen atoms in total. The highest BCUT2D eigenvalue weighted by Gasteiger charge is 2.14. The van der Waals surface area contributed by atoms with Crippen LogP contribution < -0.4 is 0 Å². The third-order valence-electron chi connectivity index (χ3n) is 7.11. The van der Waals surface area contributed by atoms with Gasteiger partial charge in [-0.05, 0) is 102 Å². The van der Waals surface area contributed by atoms with Gasteiger partial charge in [0.1, 0.15) is 0 Å². The first kappa shape index (κ1) is 22.2. The Balaban J connectivity index is 1.57. The molecule has 0 aliphatic carbocycles. The third-order valence-corrected chi connectivity index (χ3v) is 7.11. The predicted octanol–water partition coefficient (Wildman–Crippen LogP) is 9.02. The van der Waals surface area contributed by atoms with Crippen molar-refractivity contribution in [1.29, 1.82) is 0 Å². The van der Waals surface area contributed by atoms with Gasteiger partial charge in [-0.3, -0.25) is 9.97 Å². The Morgan fingerprint density at radius 2 is 1.28 bits per heavy atom. The van der Waals surface area contributed by atoms with Crippen LogP contribution in [0.1, 0.15) is 22.4 Å². The molecule has 6 rings (SSSR count). The number of nitrogens with zero attached hydrogens (tertiary/aromatic N) is 2. The molecule has 2 aromatic heterocycles. The molecule has 2 heteroatoms. The van der Waals surface area contributed by atoms with E-state index in [-0.39, 0.29) is 0 Å². The van der Waals surface area contributed by atoms with Crippen LogP contribution in [0.4, 0.5) is 0 Å². The second kappa shape index (κ2) is 8.73. The monoisotopic (exact) mass is 464 g/mol. The van der Waals surface area contributed by atoms with Crippen LogP contribution in [-0.4, -0.2) is 9.97 Å². The van der Waals surface area contributed by atoms with Crippen LogP contribution >= 0.6 is 0 Å². The number of hydrogen-bond donors (Lipinski definition) is 0. The molecule has 0 atom stereocenters. The first-order chi connectivity index (χ1) is 17.5. The Morgan fingerprint density at radius 1 is 0.528 bits per heavy atom. The van der Waals surface area contributed by atoms with E-state index < -0.39 is 0 Å². The zero-order valence-electron chi connectivity index (χ0n) is 21.1. The summed E-state index contributed by atoms with van der Waals surface area (Å²) in [7, 11) is 0. The van der Waals surface area contributed by atoms with Crippen LogP contribution in [0.2, 0.25) is 0 Å². The SMILES string of the molecule is Cc1ccnc(-c2cccc(-c3cccc(-c4cc5nc(C)ccc5c5ccc(C)cc45)c3C)c2)c1. The van der Waals surface area contributed by atoms with E-state index in [0.717, 1.165) is 22.5 Å². The number of rotatable bonds is 3. The van der Waals surface area contributed by atoms with Crippen molar-refractivity contribution in [2.45, 2.75) is 27.7 Å². The lowest BCUT2D eigenvalue weighted by molar-refractivity contribution is 1.26. The first-order valence-electron chi connectivity index (χ1n) is 12.4. The summed E-state index contributed by atoms with van der Waals surface area (Å²) in [5, 5.41) is 3.72. The lowest BCUT2D eigenvalue weighted by atomic mass is 9.88. The summed E-state index contributed by atoms with van der Waals surface area (Å²) >= 11 is 0. The number of aryl methyl sites for hydroxylation is 3. The van der Waals surface area contributed by atoms with Crippen LogP contribution in [-0.2, 0) is 0 Å². The molecule has 6 aromatic rings. The molecule has 2 heterocycles. The quantitative estimate of drug-likeness (QED) is 0.244. The van der Waals surface area contributed by atoms with E-state index in [9.17, 15) is 0 Å². The molecule has 0 unspecified atom stereocenters. The molecule has 4 aromatic carbocycles. The van der Waals surface area contributed by atoms with Crippen molar-refractivity contribution in [2.75, 3.05) is 0 Å². The van der Waals surface area contributed by atoms with Crippen molar-refractivity contribution in [1.82, 2.24) is 9.97 Å². The van der Waals surface area contributed by atoms with Gasteiger partial charge >= 0.3 is 0 Å². The maximum Gasteiger partial charge on any atom is 0.0717 e. The molecule has 0 bridgehead atoms. The summed E-state index contributed by atoms with van der Waals surface area (Å²) in [5.41, 5.74) is 12.9. The van der Waals surface area contributed by atoms with Gasteiger partial charge in [-0.25, -0.2) is 0 Å². The highest BCUT2D eigenvalue weighted by Crippen LogP contribution is 2.39. The van der Waals surface area contributed by atoms with Crippen LogP contribution in [0.15, 0.2) is 97.2 Å². The maximum absolute atomic E-state index is 4.89. The van der Waals surface area contributed by atoms with Gasteiger partial charge in [0.2, 0.25) is 0 Å². The molecule has 174 valence electrons. The summed E-state index contributed by atoms with van der Waals surface area (Å²) in [4.78, 5) is 9.49. The second-order valence-electron chi connectivity index (χ2n) is 9.77. The molecule has 0 aliphatic rings. The smallest absolute Gasteiger partial charge is 0.0717 e. The average Bonchev–Trinajstić information content (AvgIpc) is 2.88. The number of hydrogen-bond acceptors (Lipinski definition) is 2. The molecule has 0 N–H and O–H groups in total. The van der Waals surface area contributed by atoms with E-state index in [2.05, 4.69) is 118 Å². The molecule has 0 aliphatic heterocycles. The van der Waals surface area contributed by atoms with Crippen molar-refractivity contribution >= 4 is 21.7 Å². The normalized spacial score (nSPS) is 11.3. The zero-order valence-corrected chi connectivity index (χ0v) is 21.1. The molecule has 0 saturated heterocycles. The molecule has 0 spiro atoms. The number of benzene rings is 4. The molecular weight excluding hydrogens is 436 g/mol. The fraction of sp³-hybridized carbons (Fsp3) is 0.118. The zero-order chi connectivity index (χ0) is 24.8. The lowest BCUT2D eigenvalue weighted by Gasteiger charge is -2.16. The van der Waals surface area contributed by atoms with Gasteiger partial charge in [-0.2, -0.15) is 0 Å². The summed E-state index contributed by atoms with van der Waals surface area (Å²) in [6.07, 6.45) is 1.88. The van der Waals surface area contributed by atoms with Gasteiger partial charge in [0.15, 0.2) is 0 Å². The van der Waals surface area contributed by atoms with E-state index in [4.69, 9.17) is 4.98 Å². The fourth-order valence-electron chi connectivity index (χ4n) is 5.25. The Morgan fingerprint density at radius 3 is 2.14 bits per heavy atom. The van der Waals surface area contributed by atoms with Crippen LogP contribution in [0.5, 0.6) is 0 Å². The van der Waals surface area contributed by atoms with Gasteiger partial charge in [0.25, 0.3) is 0 Å². The minimum Gasteiger partial charge on any atom is -0.256 e. The molecule has 0 amide bonds. The topological polar surface area (TPSA) is 25.8 Å². The summed E-state index contributed by atoms with van der Waals surface area (Å²) in [6, 6.07) is 32.8. The fourth-order valence-corrected chi connectivity index (χ4v) is 5.25. The number of pyridine rings is 2. The van der Waals surface area contributed by atoms with Gasteiger partial charge < -0.3 is 0 Å². The van der Waals surface area contributed by atoms with E-state index in [1.54, 1.807) is 0 Å². The second-order valence-corrected chi connectivity index (χ2v) is 9.77. The van der Waals surface area contributed by atoms with Crippen molar-refractivity contribution in [3.8, 4) is 33.5 Å².